The molecule has 0 aliphatic carbocycles. The molecule has 0 bridgehead atoms. The third-order valence-corrected chi connectivity index (χ3v) is 4.14. The lowest BCUT2D eigenvalue weighted by molar-refractivity contribution is -0.137. The molecule has 2 aromatic carbocycles. The normalized spacial score (nSPS) is 11.8. The van der Waals surface area contributed by atoms with Gasteiger partial charge in [0.2, 0.25) is 0 Å². The molecule has 7 nitrogen and oxygen atoms in total. The van der Waals surface area contributed by atoms with Crippen LogP contribution in [0.25, 0.3) is 38.9 Å². The summed E-state index contributed by atoms with van der Waals surface area (Å²) in [6, 6.07) is 15.3. The molecular weight excluding hydrogens is 306 g/mol. The lowest BCUT2D eigenvalue weighted by Crippen LogP contribution is -2.09. The molecule has 3 aromatic heterocycles. The topological polar surface area (TPSA) is 85.3 Å². The molecule has 0 atom stereocenters. The second-order valence-corrected chi connectivity index (χ2v) is 5.59. The Hall–Kier alpha value is -3.48. The molecule has 0 unspecified atom stereocenters. The van der Waals surface area contributed by atoms with Crippen LogP contribution in [0.1, 0.15) is 0 Å². The standard InChI is InChI=1S/C17H11N5O2/c23-14(24)9-21-12-7-3-1-5-10(12)15-16(21)19-17-18-11-6-2-4-8-13(11)22(17)20-15/h1-8H,9H2,(H,23,24). The number of benzene rings is 2. The third-order valence-electron chi connectivity index (χ3n) is 4.14. The van der Waals surface area contributed by atoms with E-state index in [2.05, 4.69) is 9.97 Å². The van der Waals surface area contributed by atoms with Gasteiger partial charge < -0.3 is 9.67 Å². The zero-order valence-corrected chi connectivity index (χ0v) is 12.4. The summed E-state index contributed by atoms with van der Waals surface area (Å²) >= 11 is 0. The number of hydrogen-bond acceptors (Lipinski definition) is 4. The predicted octanol–water partition coefficient (Wildman–Crippen LogP) is 2.47. The van der Waals surface area contributed by atoms with E-state index in [1.165, 1.54) is 0 Å². The van der Waals surface area contributed by atoms with E-state index in [0.29, 0.717) is 16.9 Å². The number of carboxylic acid groups (broad SMARTS) is 1. The Kier molecular flexibility index (Phi) is 2.44. The second kappa shape index (κ2) is 4.51. The van der Waals surface area contributed by atoms with Crippen LogP contribution in [0.5, 0.6) is 0 Å². The highest BCUT2D eigenvalue weighted by Gasteiger charge is 2.17. The van der Waals surface area contributed by atoms with Gasteiger partial charge in [0, 0.05) is 5.39 Å². The SMILES string of the molecule is O=C(O)Cn1c2ccccc2c2nn3c(nc4ccccc43)nc21. The Morgan fingerprint density at radius 3 is 2.58 bits per heavy atom. The molecule has 24 heavy (non-hydrogen) atoms. The first-order chi connectivity index (χ1) is 11.7. The highest BCUT2D eigenvalue weighted by atomic mass is 16.4. The summed E-state index contributed by atoms with van der Waals surface area (Å²) in [5, 5.41) is 14.8. The zero-order chi connectivity index (χ0) is 16.3. The first-order valence-electron chi connectivity index (χ1n) is 7.46. The summed E-state index contributed by atoms with van der Waals surface area (Å²) in [6.45, 7) is -0.172. The molecule has 7 heteroatoms. The summed E-state index contributed by atoms with van der Waals surface area (Å²) in [5.74, 6) is -0.467. The first-order valence-corrected chi connectivity index (χ1v) is 7.46. The van der Waals surface area contributed by atoms with E-state index in [1.807, 2.05) is 48.5 Å². The monoisotopic (exact) mass is 317 g/mol. The van der Waals surface area contributed by atoms with Gasteiger partial charge >= 0.3 is 5.97 Å². The van der Waals surface area contributed by atoms with Gasteiger partial charge in [0.1, 0.15) is 12.1 Å². The van der Waals surface area contributed by atoms with Crippen molar-refractivity contribution in [2.75, 3.05) is 0 Å². The molecule has 0 saturated heterocycles. The van der Waals surface area contributed by atoms with Crippen LogP contribution in [0, 0.1) is 0 Å². The number of nitrogens with zero attached hydrogens (tertiary/aromatic N) is 5. The van der Waals surface area contributed by atoms with Gasteiger partial charge in [-0.25, -0.2) is 4.98 Å². The van der Waals surface area contributed by atoms with Crippen molar-refractivity contribution >= 4 is 44.8 Å². The van der Waals surface area contributed by atoms with Crippen molar-refractivity contribution in [3.63, 3.8) is 0 Å². The van der Waals surface area contributed by atoms with E-state index >= 15 is 0 Å². The molecule has 0 saturated carbocycles. The highest BCUT2D eigenvalue weighted by Crippen LogP contribution is 2.27. The molecule has 1 N–H and O–H groups in total. The van der Waals surface area contributed by atoms with Crippen LogP contribution in [0.4, 0.5) is 0 Å². The Labute approximate surface area is 134 Å². The Morgan fingerprint density at radius 1 is 1.00 bits per heavy atom. The molecule has 0 spiro atoms. The van der Waals surface area contributed by atoms with Gasteiger partial charge in [0.15, 0.2) is 5.65 Å². The molecule has 5 rings (SSSR count). The first kappa shape index (κ1) is 13.0. The maximum atomic E-state index is 11.3. The lowest BCUT2D eigenvalue weighted by Gasteiger charge is -2.02. The summed E-state index contributed by atoms with van der Waals surface area (Å²) in [6.07, 6.45) is 0. The van der Waals surface area contributed by atoms with Crippen LogP contribution < -0.4 is 0 Å². The number of rotatable bonds is 2. The van der Waals surface area contributed by atoms with Crippen molar-refractivity contribution in [1.29, 1.82) is 0 Å². The largest absolute Gasteiger partial charge is 0.480 e. The average Bonchev–Trinajstić information content (AvgIpc) is 3.09. The van der Waals surface area contributed by atoms with Gasteiger partial charge in [-0.05, 0) is 18.2 Å². The summed E-state index contributed by atoms with van der Waals surface area (Å²) in [5.41, 5.74) is 3.67. The van der Waals surface area contributed by atoms with Gasteiger partial charge in [-0.3, -0.25) is 4.79 Å². The molecule has 3 heterocycles. The van der Waals surface area contributed by atoms with Crippen molar-refractivity contribution in [3.8, 4) is 0 Å². The van der Waals surface area contributed by atoms with Gasteiger partial charge in [0.25, 0.3) is 5.78 Å². The molecule has 0 fully saturated rings. The second-order valence-electron chi connectivity index (χ2n) is 5.59. The molecular formula is C17H11N5O2. The fraction of sp³-hybridized carbons (Fsp3) is 0.0588. The van der Waals surface area contributed by atoms with Crippen LogP contribution in [-0.4, -0.2) is 35.2 Å². The van der Waals surface area contributed by atoms with Gasteiger partial charge in [-0.15, -0.1) is 0 Å². The van der Waals surface area contributed by atoms with Crippen LogP contribution in [-0.2, 0) is 11.3 Å². The number of imidazole rings is 1. The quantitative estimate of drug-likeness (QED) is 0.540. The minimum Gasteiger partial charge on any atom is -0.480 e. The lowest BCUT2D eigenvalue weighted by atomic mass is 10.2. The number of carboxylic acids is 1. The van der Waals surface area contributed by atoms with E-state index in [9.17, 15) is 9.90 Å². The van der Waals surface area contributed by atoms with E-state index in [1.54, 1.807) is 9.08 Å². The minimum absolute atomic E-state index is 0.172. The highest BCUT2D eigenvalue weighted by molar-refractivity contribution is 6.05. The van der Waals surface area contributed by atoms with Gasteiger partial charge in [-0.2, -0.15) is 14.6 Å². The van der Waals surface area contributed by atoms with E-state index in [0.717, 1.165) is 21.9 Å². The number of para-hydroxylation sites is 3. The predicted molar refractivity (Wildman–Crippen MR) is 88.9 cm³/mol. The Morgan fingerprint density at radius 2 is 1.75 bits per heavy atom. The number of fused-ring (bicyclic) bond motifs is 6. The van der Waals surface area contributed by atoms with Crippen molar-refractivity contribution in [3.05, 3.63) is 48.5 Å². The molecule has 0 aliphatic heterocycles. The van der Waals surface area contributed by atoms with Crippen LogP contribution in [0.15, 0.2) is 48.5 Å². The fourth-order valence-corrected chi connectivity index (χ4v) is 3.15. The molecule has 0 amide bonds. The molecule has 116 valence electrons. The van der Waals surface area contributed by atoms with Crippen molar-refractivity contribution in [1.82, 2.24) is 24.1 Å². The maximum Gasteiger partial charge on any atom is 0.323 e. The number of aliphatic carboxylic acids is 1. The Balaban J connectivity index is 1.99. The summed E-state index contributed by atoms with van der Waals surface area (Å²) in [7, 11) is 0. The van der Waals surface area contributed by atoms with Crippen molar-refractivity contribution in [2.45, 2.75) is 6.54 Å². The van der Waals surface area contributed by atoms with E-state index in [-0.39, 0.29) is 6.54 Å². The Bertz CT molecular complexity index is 1270. The van der Waals surface area contributed by atoms with Gasteiger partial charge in [-0.1, -0.05) is 30.3 Å². The van der Waals surface area contributed by atoms with Crippen LogP contribution in [0.3, 0.4) is 0 Å². The summed E-state index contributed by atoms with van der Waals surface area (Å²) in [4.78, 5) is 20.3. The fourth-order valence-electron chi connectivity index (χ4n) is 3.15. The summed E-state index contributed by atoms with van der Waals surface area (Å²) < 4.78 is 3.37. The smallest absolute Gasteiger partial charge is 0.323 e. The third kappa shape index (κ3) is 1.66. The maximum absolute atomic E-state index is 11.3. The molecule has 0 aliphatic rings. The zero-order valence-electron chi connectivity index (χ0n) is 12.4. The average molecular weight is 317 g/mol. The number of carbonyl (C=O) groups is 1. The van der Waals surface area contributed by atoms with Crippen molar-refractivity contribution < 1.29 is 9.90 Å². The molecule has 5 aromatic rings. The van der Waals surface area contributed by atoms with Crippen LogP contribution >= 0.6 is 0 Å². The number of aromatic nitrogens is 5. The van der Waals surface area contributed by atoms with Gasteiger partial charge in [0.05, 0.1) is 16.6 Å². The van der Waals surface area contributed by atoms with E-state index in [4.69, 9.17) is 5.10 Å². The van der Waals surface area contributed by atoms with Crippen molar-refractivity contribution in [2.24, 2.45) is 0 Å². The van der Waals surface area contributed by atoms with E-state index < -0.39 is 5.97 Å². The van der Waals surface area contributed by atoms with Crippen LogP contribution in [0.2, 0.25) is 0 Å². The number of hydrogen-bond donors (Lipinski definition) is 1. The minimum atomic E-state index is -0.923. The molecule has 0 radical (unpaired) electrons.